The predicted molar refractivity (Wildman–Crippen MR) is 97.8 cm³/mol. The lowest BCUT2D eigenvalue weighted by atomic mass is 10.1. The summed E-state index contributed by atoms with van der Waals surface area (Å²) in [6.45, 7) is 4.12. The van der Waals surface area contributed by atoms with E-state index in [-0.39, 0.29) is 27.1 Å². The first kappa shape index (κ1) is 19.6. The topological polar surface area (TPSA) is 84.0 Å². The van der Waals surface area contributed by atoms with Crippen molar-refractivity contribution in [1.82, 2.24) is 9.80 Å². The normalized spacial score (nSPS) is 18.5. The summed E-state index contributed by atoms with van der Waals surface area (Å²) >= 11 is 11.8. The van der Waals surface area contributed by atoms with E-state index in [0.29, 0.717) is 13.1 Å². The molecular weight excluding hydrogens is 395 g/mol. The molecule has 3 amide bonds. The molecule has 0 aliphatic carbocycles. The zero-order valence-corrected chi connectivity index (χ0v) is 16.3. The number of carbonyl (C=O) groups is 4. The van der Waals surface area contributed by atoms with Gasteiger partial charge in [0, 0.05) is 13.1 Å². The van der Waals surface area contributed by atoms with Crippen molar-refractivity contribution in [2.75, 3.05) is 13.1 Å². The molecule has 27 heavy (non-hydrogen) atoms. The maximum absolute atomic E-state index is 12.6. The van der Waals surface area contributed by atoms with Crippen LogP contribution in [0.25, 0.3) is 0 Å². The van der Waals surface area contributed by atoms with Crippen LogP contribution in [0.1, 0.15) is 47.4 Å². The third-order valence-corrected chi connectivity index (χ3v) is 5.47. The van der Waals surface area contributed by atoms with E-state index < -0.39 is 29.9 Å². The van der Waals surface area contributed by atoms with Crippen LogP contribution in [0.5, 0.6) is 0 Å². The third-order valence-electron chi connectivity index (χ3n) is 4.75. The standard InChI is InChI=1S/C18H18Cl2N2O5/c1-9(18(26)27-10(2)15(23)21-5-3-4-6-21)22-16(24)11-7-13(19)14(20)8-12(11)17(22)25/h7-10H,3-6H2,1-2H3/t9-,10-/m0/s1. The van der Waals surface area contributed by atoms with Crippen LogP contribution in [-0.4, -0.2) is 58.7 Å². The molecule has 1 saturated heterocycles. The van der Waals surface area contributed by atoms with Gasteiger partial charge in [0.15, 0.2) is 6.10 Å². The molecule has 1 aromatic rings. The number of fused-ring (bicyclic) bond motifs is 1. The molecule has 7 nitrogen and oxygen atoms in total. The van der Waals surface area contributed by atoms with Crippen LogP contribution in [0.4, 0.5) is 0 Å². The van der Waals surface area contributed by atoms with E-state index in [1.54, 1.807) is 4.90 Å². The summed E-state index contributed by atoms with van der Waals surface area (Å²) in [5.41, 5.74) is 0.158. The van der Waals surface area contributed by atoms with Crippen LogP contribution in [0.3, 0.4) is 0 Å². The molecule has 144 valence electrons. The van der Waals surface area contributed by atoms with Crippen molar-refractivity contribution in [2.45, 2.75) is 38.8 Å². The Morgan fingerprint density at radius 2 is 1.48 bits per heavy atom. The van der Waals surface area contributed by atoms with E-state index in [0.717, 1.165) is 17.7 Å². The van der Waals surface area contributed by atoms with Crippen molar-refractivity contribution in [3.8, 4) is 0 Å². The highest BCUT2D eigenvalue weighted by atomic mass is 35.5. The molecule has 0 saturated carbocycles. The highest BCUT2D eigenvalue weighted by Gasteiger charge is 2.42. The van der Waals surface area contributed by atoms with Gasteiger partial charge in [-0.25, -0.2) is 4.79 Å². The molecule has 0 bridgehead atoms. The zero-order valence-electron chi connectivity index (χ0n) is 14.8. The minimum Gasteiger partial charge on any atom is -0.451 e. The Morgan fingerprint density at radius 3 is 1.96 bits per heavy atom. The molecule has 3 rings (SSSR count). The van der Waals surface area contributed by atoms with Crippen molar-refractivity contribution in [3.05, 3.63) is 33.3 Å². The summed E-state index contributed by atoms with van der Waals surface area (Å²) < 4.78 is 5.21. The highest BCUT2D eigenvalue weighted by Crippen LogP contribution is 2.32. The summed E-state index contributed by atoms with van der Waals surface area (Å²) in [6.07, 6.45) is 0.850. The largest absolute Gasteiger partial charge is 0.451 e. The number of halogens is 2. The molecule has 9 heteroatoms. The van der Waals surface area contributed by atoms with E-state index in [9.17, 15) is 19.2 Å². The maximum Gasteiger partial charge on any atom is 0.329 e. The van der Waals surface area contributed by atoms with Crippen molar-refractivity contribution < 1.29 is 23.9 Å². The first-order valence-corrected chi connectivity index (χ1v) is 9.34. The average Bonchev–Trinajstić information content (AvgIpc) is 3.23. The first-order valence-electron chi connectivity index (χ1n) is 8.58. The van der Waals surface area contributed by atoms with Gasteiger partial charge in [-0.3, -0.25) is 19.3 Å². The Balaban J connectivity index is 1.72. The van der Waals surface area contributed by atoms with Crippen molar-refractivity contribution in [3.63, 3.8) is 0 Å². The van der Waals surface area contributed by atoms with Crippen LogP contribution in [0.2, 0.25) is 10.0 Å². The number of hydrogen-bond donors (Lipinski definition) is 0. The number of benzene rings is 1. The molecule has 0 unspecified atom stereocenters. The molecule has 1 aromatic carbocycles. The van der Waals surface area contributed by atoms with Gasteiger partial charge in [-0.05, 0) is 38.8 Å². The number of likely N-dealkylation sites (tertiary alicyclic amines) is 1. The van der Waals surface area contributed by atoms with Gasteiger partial charge in [-0.2, -0.15) is 0 Å². The predicted octanol–water partition coefficient (Wildman–Crippen LogP) is 2.53. The first-order chi connectivity index (χ1) is 12.7. The Labute approximate surface area is 166 Å². The number of esters is 1. The molecule has 1 fully saturated rings. The fourth-order valence-electron chi connectivity index (χ4n) is 3.23. The Morgan fingerprint density at radius 1 is 1.00 bits per heavy atom. The smallest absolute Gasteiger partial charge is 0.329 e. The fraction of sp³-hybridized carbons (Fsp3) is 0.444. The Kier molecular flexibility index (Phi) is 5.44. The van der Waals surface area contributed by atoms with Gasteiger partial charge >= 0.3 is 5.97 Å². The van der Waals surface area contributed by atoms with Crippen molar-refractivity contribution >= 4 is 46.9 Å². The van der Waals surface area contributed by atoms with Gasteiger partial charge in [-0.1, -0.05) is 23.2 Å². The lowest BCUT2D eigenvalue weighted by Crippen LogP contribution is -2.46. The van der Waals surface area contributed by atoms with E-state index >= 15 is 0 Å². The minimum atomic E-state index is -1.19. The maximum atomic E-state index is 12.6. The second-order valence-electron chi connectivity index (χ2n) is 6.58. The zero-order chi connectivity index (χ0) is 19.9. The molecular formula is C18H18Cl2N2O5. The quantitative estimate of drug-likeness (QED) is 0.560. The molecule has 2 heterocycles. The van der Waals surface area contributed by atoms with E-state index in [2.05, 4.69) is 0 Å². The van der Waals surface area contributed by atoms with Crippen LogP contribution < -0.4 is 0 Å². The number of hydrogen-bond acceptors (Lipinski definition) is 5. The number of amides is 3. The van der Waals surface area contributed by atoms with E-state index in [1.165, 1.54) is 26.0 Å². The second kappa shape index (κ2) is 7.48. The SMILES string of the molecule is C[C@H](OC(=O)[C@H](C)N1C(=O)c2cc(Cl)c(Cl)cc2C1=O)C(=O)N1CCCC1. The number of rotatable bonds is 4. The van der Waals surface area contributed by atoms with E-state index in [4.69, 9.17) is 27.9 Å². The van der Waals surface area contributed by atoms with Gasteiger partial charge in [0.25, 0.3) is 17.7 Å². The lowest BCUT2D eigenvalue weighted by molar-refractivity contribution is -0.161. The van der Waals surface area contributed by atoms with Crippen LogP contribution >= 0.6 is 23.2 Å². The van der Waals surface area contributed by atoms with Crippen LogP contribution in [0, 0.1) is 0 Å². The van der Waals surface area contributed by atoms with Crippen molar-refractivity contribution in [2.24, 2.45) is 0 Å². The molecule has 0 spiro atoms. The van der Waals surface area contributed by atoms with E-state index in [1.807, 2.05) is 0 Å². The van der Waals surface area contributed by atoms with Gasteiger partial charge in [0.2, 0.25) is 0 Å². The van der Waals surface area contributed by atoms with Crippen molar-refractivity contribution in [1.29, 1.82) is 0 Å². The summed E-state index contributed by atoms with van der Waals surface area (Å²) in [5.74, 6) is -2.43. The third kappa shape index (κ3) is 3.53. The number of nitrogens with zero attached hydrogens (tertiary/aromatic N) is 2. The molecule has 0 aromatic heterocycles. The minimum absolute atomic E-state index is 0.0789. The summed E-state index contributed by atoms with van der Waals surface area (Å²) in [6, 6.07) is 1.41. The van der Waals surface area contributed by atoms with Crippen LogP contribution in [0.15, 0.2) is 12.1 Å². The number of ether oxygens (including phenoxy) is 1. The average molecular weight is 413 g/mol. The Hall–Kier alpha value is -2.12. The fourth-order valence-corrected chi connectivity index (χ4v) is 3.55. The molecule has 2 atom stereocenters. The lowest BCUT2D eigenvalue weighted by Gasteiger charge is -2.24. The molecule has 0 N–H and O–H groups in total. The van der Waals surface area contributed by atoms with Gasteiger partial charge in [0.05, 0.1) is 21.2 Å². The van der Waals surface area contributed by atoms with Gasteiger partial charge in [-0.15, -0.1) is 0 Å². The summed E-state index contributed by atoms with van der Waals surface area (Å²) in [5, 5.41) is 0.275. The molecule has 2 aliphatic rings. The van der Waals surface area contributed by atoms with Gasteiger partial charge in [0.1, 0.15) is 6.04 Å². The Bertz CT molecular complexity index is 794. The second-order valence-corrected chi connectivity index (χ2v) is 7.39. The summed E-state index contributed by atoms with van der Waals surface area (Å²) in [7, 11) is 0. The molecule has 0 radical (unpaired) electrons. The number of carbonyl (C=O) groups excluding carboxylic acids is 4. The van der Waals surface area contributed by atoms with Crippen LogP contribution in [-0.2, 0) is 14.3 Å². The molecule has 2 aliphatic heterocycles. The summed E-state index contributed by atoms with van der Waals surface area (Å²) in [4.78, 5) is 52.3. The van der Waals surface area contributed by atoms with Gasteiger partial charge < -0.3 is 9.64 Å². The number of imide groups is 1. The monoisotopic (exact) mass is 412 g/mol. The highest BCUT2D eigenvalue weighted by molar-refractivity contribution is 6.43.